The Morgan fingerprint density at radius 2 is 1.89 bits per heavy atom. The molecule has 5 nitrogen and oxygen atoms in total. The molecule has 0 radical (unpaired) electrons. The summed E-state index contributed by atoms with van der Waals surface area (Å²) in [6.07, 6.45) is 4.62. The van der Waals surface area contributed by atoms with E-state index in [9.17, 15) is 0 Å². The number of hydrogen-bond acceptors (Lipinski definition) is 4. The Hall–Kier alpha value is -2.27. The Balaban J connectivity index is 2.16. The van der Waals surface area contributed by atoms with Crippen LogP contribution in [0.3, 0.4) is 0 Å². The first kappa shape index (κ1) is 10.9. The van der Waals surface area contributed by atoms with Crippen LogP contribution in [0.25, 0.3) is 17.1 Å². The monoisotopic (exact) mass is 257 g/mol. The van der Waals surface area contributed by atoms with Crippen molar-refractivity contribution in [2.24, 2.45) is 0 Å². The third-order valence-electron chi connectivity index (χ3n) is 2.46. The highest BCUT2D eigenvalue weighted by molar-refractivity contribution is 6.32. The van der Waals surface area contributed by atoms with Crippen LogP contribution in [-0.4, -0.2) is 25.0 Å². The molecular weight excluding hydrogens is 250 g/mol. The van der Waals surface area contributed by atoms with E-state index >= 15 is 0 Å². The summed E-state index contributed by atoms with van der Waals surface area (Å²) in [6.45, 7) is 0. The Kier molecular flexibility index (Phi) is 2.74. The molecule has 0 unspecified atom stereocenters. The van der Waals surface area contributed by atoms with Gasteiger partial charge in [0.05, 0.1) is 16.9 Å². The van der Waals surface area contributed by atoms with Gasteiger partial charge in [0, 0.05) is 6.20 Å². The van der Waals surface area contributed by atoms with Gasteiger partial charge >= 0.3 is 0 Å². The van der Waals surface area contributed by atoms with Gasteiger partial charge in [-0.15, -0.1) is 5.10 Å². The van der Waals surface area contributed by atoms with Crippen molar-refractivity contribution in [3.8, 4) is 17.1 Å². The SMILES string of the molecule is Clc1cncnc1-c1cnnn1-c1ccccc1. The number of halogens is 1. The zero-order chi connectivity index (χ0) is 12.4. The lowest BCUT2D eigenvalue weighted by Gasteiger charge is -2.05. The first-order valence-corrected chi connectivity index (χ1v) is 5.66. The van der Waals surface area contributed by atoms with E-state index in [0.29, 0.717) is 10.7 Å². The van der Waals surface area contributed by atoms with Crippen LogP contribution >= 0.6 is 11.6 Å². The maximum absolute atomic E-state index is 6.08. The molecule has 0 spiro atoms. The van der Waals surface area contributed by atoms with Crippen LogP contribution in [0.15, 0.2) is 49.1 Å². The van der Waals surface area contributed by atoms with E-state index in [1.165, 1.54) is 6.33 Å². The molecule has 88 valence electrons. The minimum Gasteiger partial charge on any atom is -0.243 e. The molecule has 18 heavy (non-hydrogen) atoms. The van der Waals surface area contributed by atoms with E-state index in [-0.39, 0.29) is 0 Å². The van der Waals surface area contributed by atoms with Crippen LogP contribution in [0.1, 0.15) is 0 Å². The van der Waals surface area contributed by atoms with Gasteiger partial charge in [0.15, 0.2) is 0 Å². The third kappa shape index (κ3) is 1.84. The standard InChI is InChI=1S/C12H8ClN5/c13-10-6-14-8-15-12(10)11-7-16-17-18(11)9-4-2-1-3-5-9/h1-8H. The molecular formula is C12H8ClN5. The van der Waals surface area contributed by atoms with Crippen molar-refractivity contribution in [1.29, 1.82) is 0 Å². The normalized spacial score (nSPS) is 10.5. The number of aromatic nitrogens is 5. The molecule has 2 aromatic heterocycles. The minimum absolute atomic E-state index is 0.469. The van der Waals surface area contributed by atoms with E-state index in [1.807, 2.05) is 30.3 Å². The van der Waals surface area contributed by atoms with E-state index in [4.69, 9.17) is 11.6 Å². The van der Waals surface area contributed by atoms with E-state index in [0.717, 1.165) is 11.4 Å². The molecule has 6 heteroatoms. The Morgan fingerprint density at radius 1 is 1.06 bits per heavy atom. The van der Waals surface area contributed by atoms with Gasteiger partial charge in [-0.1, -0.05) is 35.0 Å². The van der Waals surface area contributed by atoms with Crippen LogP contribution in [0.4, 0.5) is 0 Å². The summed E-state index contributed by atoms with van der Waals surface area (Å²) >= 11 is 6.08. The number of benzene rings is 1. The van der Waals surface area contributed by atoms with Gasteiger partial charge < -0.3 is 0 Å². The first-order valence-electron chi connectivity index (χ1n) is 5.28. The summed E-state index contributed by atoms with van der Waals surface area (Å²) in [4.78, 5) is 8.03. The minimum atomic E-state index is 0.469. The molecule has 3 aromatic rings. The predicted octanol–water partition coefficient (Wildman–Crippen LogP) is 2.38. The van der Waals surface area contributed by atoms with Gasteiger partial charge in [0.25, 0.3) is 0 Å². The molecule has 0 fully saturated rings. The molecule has 0 saturated heterocycles. The van der Waals surface area contributed by atoms with E-state index in [1.54, 1.807) is 17.1 Å². The molecule has 1 aromatic carbocycles. The zero-order valence-electron chi connectivity index (χ0n) is 9.23. The van der Waals surface area contributed by atoms with Gasteiger partial charge in [0.1, 0.15) is 17.7 Å². The van der Waals surface area contributed by atoms with Crippen molar-refractivity contribution >= 4 is 11.6 Å². The number of hydrogen-bond donors (Lipinski definition) is 0. The third-order valence-corrected chi connectivity index (χ3v) is 2.74. The molecule has 0 aliphatic heterocycles. The number of nitrogens with zero attached hydrogens (tertiary/aromatic N) is 5. The highest BCUT2D eigenvalue weighted by Gasteiger charge is 2.12. The Morgan fingerprint density at radius 3 is 2.67 bits per heavy atom. The van der Waals surface area contributed by atoms with Gasteiger partial charge in [-0.3, -0.25) is 0 Å². The molecule has 0 saturated carbocycles. The molecule has 0 bridgehead atoms. The maximum Gasteiger partial charge on any atom is 0.116 e. The fraction of sp³-hybridized carbons (Fsp3) is 0. The zero-order valence-corrected chi connectivity index (χ0v) is 9.99. The molecule has 2 heterocycles. The quantitative estimate of drug-likeness (QED) is 0.707. The second kappa shape index (κ2) is 4.54. The summed E-state index contributed by atoms with van der Waals surface area (Å²) < 4.78 is 1.69. The maximum atomic E-state index is 6.08. The predicted molar refractivity (Wildman–Crippen MR) is 67.4 cm³/mol. The van der Waals surface area contributed by atoms with Crippen molar-refractivity contribution in [1.82, 2.24) is 25.0 Å². The van der Waals surface area contributed by atoms with Crippen LogP contribution in [0, 0.1) is 0 Å². The Bertz CT molecular complexity index is 665. The number of para-hydroxylation sites is 1. The molecule has 0 N–H and O–H groups in total. The van der Waals surface area contributed by atoms with Crippen molar-refractivity contribution < 1.29 is 0 Å². The van der Waals surface area contributed by atoms with Crippen LogP contribution in [-0.2, 0) is 0 Å². The lowest BCUT2D eigenvalue weighted by atomic mass is 10.3. The van der Waals surface area contributed by atoms with Crippen molar-refractivity contribution in [3.05, 3.63) is 54.1 Å². The van der Waals surface area contributed by atoms with Crippen LogP contribution in [0.5, 0.6) is 0 Å². The fourth-order valence-corrected chi connectivity index (χ4v) is 1.86. The summed E-state index contributed by atoms with van der Waals surface area (Å²) in [5.74, 6) is 0. The van der Waals surface area contributed by atoms with Gasteiger partial charge in [0.2, 0.25) is 0 Å². The topological polar surface area (TPSA) is 56.5 Å². The van der Waals surface area contributed by atoms with Crippen molar-refractivity contribution in [3.63, 3.8) is 0 Å². The summed E-state index contributed by atoms with van der Waals surface area (Å²) in [5.41, 5.74) is 2.24. The second-order valence-electron chi connectivity index (χ2n) is 3.59. The van der Waals surface area contributed by atoms with Crippen molar-refractivity contribution in [2.75, 3.05) is 0 Å². The average Bonchev–Trinajstić information content (AvgIpc) is 2.89. The van der Waals surface area contributed by atoms with E-state index < -0.39 is 0 Å². The second-order valence-corrected chi connectivity index (χ2v) is 3.99. The van der Waals surface area contributed by atoms with Crippen LogP contribution < -0.4 is 0 Å². The molecule has 0 aliphatic rings. The highest BCUT2D eigenvalue weighted by atomic mass is 35.5. The molecule has 0 amide bonds. The summed E-state index contributed by atoms with van der Waals surface area (Å²) in [5, 5.41) is 8.43. The molecule has 0 aliphatic carbocycles. The smallest absolute Gasteiger partial charge is 0.116 e. The number of rotatable bonds is 2. The van der Waals surface area contributed by atoms with Gasteiger partial charge in [-0.25, -0.2) is 14.6 Å². The lowest BCUT2D eigenvalue weighted by Crippen LogP contribution is -2.00. The van der Waals surface area contributed by atoms with Crippen LogP contribution in [0.2, 0.25) is 5.02 Å². The highest BCUT2D eigenvalue weighted by Crippen LogP contribution is 2.25. The molecule has 3 rings (SSSR count). The fourth-order valence-electron chi connectivity index (χ4n) is 1.66. The Labute approximate surface area is 108 Å². The lowest BCUT2D eigenvalue weighted by molar-refractivity contribution is 0.806. The van der Waals surface area contributed by atoms with Gasteiger partial charge in [-0.2, -0.15) is 0 Å². The summed E-state index contributed by atoms with van der Waals surface area (Å²) in [6, 6.07) is 9.68. The van der Waals surface area contributed by atoms with E-state index in [2.05, 4.69) is 20.3 Å². The largest absolute Gasteiger partial charge is 0.243 e. The summed E-state index contributed by atoms with van der Waals surface area (Å²) in [7, 11) is 0. The van der Waals surface area contributed by atoms with Crippen molar-refractivity contribution in [2.45, 2.75) is 0 Å². The first-order chi connectivity index (χ1) is 8.86. The van der Waals surface area contributed by atoms with Gasteiger partial charge in [-0.05, 0) is 12.1 Å². The molecule has 0 atom stereocenters. The average molecular weight is 258 g/mol.